The molecule has 1 fully saturated rings. The third kappa shape index (κ3) is 3.11. The van der Waals surface area contributed by atoms with Gasteiger partial charge in [-0.15, -0.1) is 0 Å². The van der Waals surface area contributed by atoms with Crippen LogP contribution in [0.25, 0.3) is 22.0 Å². The van der Waals surface area contributed by atoms with Crippen molar-refractivity contribution < 1.29 is 4.79 Å². The topological polar surface area (TPSA) is 57.8 Å². The van der Waals surface area contributed by atoms with Crippen molar-refractivity contribution in [2.24, 2.45) is 0 Å². The van der Waals surface area contributed by atoms with Crippen LogP contribution in [0.3, 0.4) is 0 Å². The molecule has 2 aromatic heterocycles. The maximum atomic E-state index is 13.2. The lowest BCUT2D eigenvalue weighted by molar-refractivity contribution is -0.124. The summed E-state index contributed by atoms with van der Waals surface area (Å²) >= 11 is 0. The van der Waals surface area contributed by atoms with Crippen LogP contribution in [-0.2, 0) is 10.2 Å². The number of aryl methyl sites for hydroxylation is 1. The zero-order valence-corrected chi connectivity index (χ0v) is 16.4. The molecule has 2 N–H and O–H groups in total. The Bertz CT molecular complexity index is 1190. The highest BCUT2D eigenvalue weighted by Gasteiger charge is 2.45. The smallest absolute Gasteiger partial charge is 0.235 e. The lowest BCUT2D eigenvalue weighted by atomic mass is 9.63. The van der Waals surface area contributed by atoms with E-state index in [1.54, 1.807) is 6.20 Å². The van der Waals surface area contributed by atoms with E-state index < -0.39 is 5.41 Å². The maximum absolute atomic E-state index is 13.2. The molecule has 0 bridgehead atoms. The van der Waals surface area contributed by atoms with E-state index in [2.05, 4.69) is 63.8 Å². The van der Waals surface area contributed by atoms with E-state index in [-0.39, 0.29) is 5.91 Å². The number of carbonyl (C=O) groups excluding carboxylic acids is 1. The molecule has 0 radical (unpaired) electrons. The molecule has 2 aromatic carbocycles. The largest absolute Gasteiger partial charge is 0.361 e. The van der Waals surface area contributed by atoms with E-state index in [0.717, 1.165) is 47.3 Å². The van der Waals surface area contributed by atoms with Crippen molar-refractivity contribution in [2.75, 3.05) is 5.32 Å². The summed E-state index contributed by atoms with van der Waals surface area (Å²) in [5, 5.41) is 4.31. The summed E-state index contributed by atoms with van der Waals surface area (Å²) in [6, 6.07) is 20.8. The van der Waals surface area contributed by atoms with Crippen molar-refractivity contribution in [2.45, 2.75) is 31.6 Å². The van der Waals surface area contributed by atoms with Crippen LogP contribution in [0.2, 0.25) is 0 Å². The predicted octanol–water partition coefficient (Wildman–Crippen LogP) is 5.60. The summed E-state index contributed by atoms with van der Waals surface area (Å²) in [6.45, 7) is 1.93. The predicted molar refractivity (Wildman–Crippen MR) is 117 cm³/mol. The fourth-order valence-corrected chi connectivity index (χ4v) is 4.27. The molecule has 4 aromatic rings. The van der Waals surface area contributed by atoms with Crippen molar-refractivity contribution in [1.82, 2.24) is 9.97 Å². The molecule has 4 nitrogen and oxygen atoms in total. The van der Waals surface area contributed by atoms with Gasteiger partial charge in [0.05, 0.1) is 5.41 Å². The summed E-state index contributed by atoms with van der Waals surface area (Å²) in [4.78, 5) is 20.6. The van der Waals surface area contributed by atoms with Gasteiger partial charge in [0.25, 0.3) is 0 Å². The number of benzene rings is 2. The number of carbonyl (C=O) groups is 1. The third-order valence-corrected chi connectivity index (χ3v) is 6.12. The number of hydrogen-bond acceptors (Lipinski definition) is 2. The Balaban J connectivity index is 1.42. The van der Waals surface area contributed by atoms with Crippen LogP contribution in [0.5, 0.6) is 0 Å². The van der Waals surface area contributed by atoms with E-state index in [9.17, 15) is 4.79 Å². The van der Waals surface area contributed by atoms with Crippen LogP contribution >= 0.6 is 0 Å². The number of anilines is 1. The fraction of sp³-hybridized carbons (Fsp3) is 0.200. The first-order valence-corrected chi connectivity index (χ1v) is 10.1. The zero-order chi connectivity index (χ0) is 19.8. The Morgan fingerprint density at radius 1 is 1.00 bits per heavy atom. The molecule has 4 heteroatoms. The number of nitrogens with zero attached hydrogens (tertiary/aromatic N) is 1. The van der Waals surface area contributed by atoms with Gasteiger partial charge in [-0.25, -0.2) is 0 Å². The number of fused-ring (bicyclic) bond motifs is 1. The highest BCUT2D eigenvalue weighted by atomic mass is 16.2. The highest BCUT2D eigenvalue weighted by molar-refractivity contribution is 6.00. The van der Waals surface area contributed by atoms with Crippen molar-refractivity contribution >= 4 is 22.5 Å². The number of aromatic nitrogens is 2. The van der Waals surface area contributed by atoms with Crippen molar-refractivity contribution in [3.63, 3.8) is 0 Å². The molecule has 1 aliphatic carbocycles. The summed E-state index contributed by atoms with van der Waals surface area (Å²) < 4.78 is 0. The highest BCUT2D eigenvalue weighted by Crippen LogP contribution is 2.45. The Morgan fingerprint density at radius 2 is 1.79 bits per heavy atom. The zero-order valence-electron chi connectivity index (χ0n) is 16.4. The van der Waals surface area contributed by atoms with Gasteiger partial charge in [-0.1, -0.05) is 36.8 Å². The first-order valence-electron chi connectivity index (χ1n) is 10.1. The van der Waals surface area contributed by atoms with Crippen LogP contribution < -0.4 is 5.32 Å². The first-order chi connectivity index (χ1) is 14.1. The van der Waals surface area contributed by atoms with Crippen LogP contribution in [0.15, 0.2) is 73.1 Å². The number of pyridine rings is 1. The van der Waals surface area contributed by atoms with Gasteiger partial charge in [-0.05, 0) is 72.2 Å². The van der Waals surface area contributed by atoms with Crippen molar-refractivity contribution in [1.29, 1.82) is 0 Å². The third-order valence-electron chi connectivity index (χ3n) is 6.12. The molecule has 1 saturated carbocycles. The molecule has 144 valence electrons. The molecule has 0 atom stereocenters. The number of hydrogen-bond donors (Lipinski definition) is 2. The molecule has 5 rings (SSSR count). The molecule has 0 spiro atoms. The van der Waals surface area contributed by atoms with E-state index >= 15 is 0 Å². The summed E-state index contributed by atoms with van der Waals surface area (Å²) in [5.41, 5.74) is 5.86. The SMILES string of the molecule is Cc1cc(NC(=O)C2(c3ccc(-c4ccc5[nH]ccc5c4)cc3)CCC2)ccn1. The minimum atomic E-state index is -0.430. The number of amides is 1. The molecule has 1 amide bonds. The van der Waals surface area contributed by atoms with Crippen LogP contribution in [0.1, 0.15) is 30.5 Å². The second-order valence-corrected chi connectivity index (χ2v) is 7.93. The van der Waals surface area contributed by atoms with Gasteiger partial charge < -0.3 is 10.3 Å². The molecule has 29 heavy (non-hydrogen) atoms. The van der Waals surface area contributed by atoms with Crippen molar-refractivity contribution in [3.8, 4) is 11.1 Å². The lowest BCUT2D eigenvalue weighted by Crippen LogP contribution is -2.46. The second kappa shape index (κ2) is 6.89. The van der Waals surface area contributed by atoms with E-state index in [0.29, 0.717) is 0 Å². The van der Waals surface area contributed by atoms with Gasteiger partial charge in [-0.2, -0.15) is 0 Å². The molecular weight excluding hydrogens is 358 g/mol. The molecule has 1 aliphatic rings. The van der Waals surface area contributed by atoms with Gasteiger partial charge in [0.1, 0.15) is 0 Å². The Hall–Kier alpha value is -3.40. The van der Waals surface area contributed by atoms with Crippen LogP contribution in [-0.4, -0.2) is 15.9 Å². The van der Waals surface area contributed by atoms with Gasteiger partial charge >= 0.3 is 0 Å². The summed E-state index contributed by atoms with van der Waals surface area (Å²) in [5.74, 6) is 0.0795. The average Bonchev–Trinajstić information content (AvgIpc) is 3.15. The Morgan fingerprint density at radius 3 is 2.52 bits per heavy atom. The van der Waals surface area contributed by atoms with E-state index in [1.807, 2.05) is 25.3 Å². The van der Waals surface area contributed by atoms with Crippen LogP contribution in [0.4, 0.5) is 5.69 Å². The van der Waals surface area contributed by atoms with Gasteiger partial charge in [0.15, 0.2) is 0 Å². The number of nitrogens with one attached hydrogen (secondary N) is 2. The van der Waals surface area contributed by atoms with Gasteiger partial charge in [0, 0.05) is 29.3 Å². The first kappa shape index (κ1) is 17.7. The van der Waals surface area contributed by atoms with E-state index in [4.69, 9.17) is 0 Å². The Labute approximate surface area is 170 Å². The number of rotatable bonds is 4. The molecule has 0 aliphatic heterocycles. The maximum Gasteiger partial charge on any atom is 0.235 e. The average molecular weight is 381 g/mol. The fourth-order valence-electron chi connectivity index (χ4n) is 4.27. The Kier molecular flexibility index (Phi) is 4.20. The minimum absolute atomic E-state index is 0.0795. The summed E-state index contributed by atoms with van der Waals surface area (Å²) in [6.07, 6.45) is 6.54. The lowest BCUT2D eigenvalue weighted by Gasteiger charge is -2.40. The number of H-pyrrole nitrogens is 1. The van der Waals surface area contributed by atoms with Gasteiger partial charge in [0.2, 0.25) is 5.91 Å². The standard InChI is InChI=1S/C25H23N3O/c1-17-15-22(10-14-26-17)28-24(29)25(11-2-12-25)21-6-3-18(4-7-21)19-5-8-23-20(16-19)9-13-27-23/h3-10,13-16,27H,2,11-12H2,1H3,(H,26,28,29). The van der Waals surface area contributed by atoms with Crippen LogP contribution in [0, 0.1) is 6.92 Å². The molecule has 0 unspecified atom stereocenters. The minimum Gasteiger partial charge on any atom is -0.361 e. The normalized spacial score (nSPS) is 15.1. The summed E-state index contributed by atoms with van der Waals surface area (Å²) in [7, 11) is 0. The van der Waals surface area contributed by atoms with Gasteiger partial charge in [-0.3, -0.25) is 9.78 Å². The molecular formula is C25H23N3O. The quantitative estimate of drug-likeness (QED) is 0.483. The monoisotopic (exact) mass is 381 g/mol. The molecule has 0 saturated heterocycles. The van der Waals surface area contributed by atoms with E-state index in [1.165, 1.54) is 10.9 Å². The second-order valence-electron chi connectivity index (χ2n) is 7.93. The van der Waals surface area contributed by atoms with Crippen molar-refractivity contribution in [3.05, 3.63) is 84.3 Å². The molecule has 2 heterocycles. The number of aromatic amines is 1.